The molecule has 254 valence electrons. The molecule has 1 heterocycles. The number of unbranched alkanes of at least 4 members (excludes halogenated alkanes) is 1. The fourth-order valence-electron chi connectivity index (χ4n) is 4.69. The van der Waals surface area contributed by atoms with Crippen molar-refractivity contribution in [2.24, 2.45) is 0 Å². The summed E-state index contributed by atoms with van der Waals surface area (Å²) in [5.41, 5.74) is 2.28. The molecule has 0 spiro atoms. The van der Waals surface area contributed by atoms with E-state index >= 15 is 0 Å². The van der Waals surface area contributed by atoms with Gasteiger partial charge in [-0.1, -0.05) is 42.4 Å². The molecule has 0 aliphatic rings. The Labute approximate surface area is 289 Å². The molecule has 14 heteroatoms. The molecule has 0 atom stereocenters. The molecular weight excluding hydrogens is 646 g/mol. The van der Waals surface area contributed by atoms with E-state index in [2.05, 4.69) is 54.4 Å². The van der Waals surface area contributed by atoms with Crippen molar-refractivity contribution in [3.63, 3.8) is 0 Å². The van der Waals surface area contributed by atoms with Crippen LogP contribution in [0.15, 0.2) is 76.5 Å². The smallest absolute Gasteiger partial charge is 0.253 e. The van der Waals surface area contributed by atoms with Crippen LogP contribution in [0.4, 0.5) is 34.5 Å². The first-order valence-corrected chi connectivity index (χ1v) is 15.8. The predicted octanol–water partition coefficient (Wildman–Crippen LogP) is 3.61. The largest absolute Gasteiger partial charge is 0.379 e. The van der Waals surface area contributed by atoms with E-state index in [9.17, 15) is 19.2 Å². The summed E-state index contributed by atoms with van der Waals surface area (Å²) >= 11 is 6.34. The molecule has 0 unspecified atom stereocenters. The normalized spacial score (nSPS) is 10.7. The van der Waals surface area contributed by atoms with Crippen LogP contribution in [0.3, 0.4) is 0 Å². The summed E-state index contributed by atoms with van der Waals surface area (Å²) in [4.78, 5) is 59.6. The van der Waals surface area contributed by atoms with Crippen LogP contribution in [-0.4, -0.2) is 67.0 Å². The van der Waals surface area contributed by atoms with Gasteiger partial charge in [-0.05, 0) is 43.3 Å². The second-order valence-corrected chi connectivity index (χ2v) is 11.5. The van der Waals surface area contributed by atoms with E-state index in [-0.39, 0.29) is 34.2 Å². The highest BCUT2D eigenvalue weighted by atomic mass is 35.5. The maximum absolute atomic E-state index is 12.3. The van der Waals surface area contributed by atoms with E-state index < -0.39 is 10.9 Å². The average Bonchev–Trinajstić information content (AvgIpc) is 3.11. The minimum absolute atomic E-state index is 0.225. The van der Waals surface area contributed by atoms with E-state index in [0.717, 1.165) is 5.56 Å². The van der Waals surface area contributed by atoms with Crippen LogP contribution >= 0.6 is 11.6 Å². The van der Waals surface area contributed by atoms with Gasteiger partial charge in [0.05, 0.1) is 17.4 Å². The molecule has 13 nitrogen and oxygen atoms in total. The minimum atomic E-state index is -0.578. The number of hydrogen-bond acceptors (Lipinski definition) is 11. The molecule has 49 heavy (non-hydrogen) atoms. The van der Waals surface area contributed by atoms with Gasteiger partial charge in [0.25, 0.3) is 16.8 Å². The van der Waals surface area contributed by atoms with E-state index in [1.54, 1.807) is 31.3 Å². The molecule has 4 aromatic rings. The Morgan fingerprint density at radius 2 is 1.71 bits per heavy atom. The summed E-state index contributed by atoms with van der Waals surface area (Å²) in [6.07, 6.45) is 7.98. The van der Waals surface area contributed by atoms with Gasteiger partial charge in [0.2, 0.25) is 11.9 Å². The molecule has 0 saturated carbocycles. The Balaban J connectivity index is 1.27. The standard InChI is InChI=1S/C35H38ClN9O4/c1-5-6-9-16-39-33(48)22(2)21-45(4)18-17-38-28-29(31(47)30(28)46)40-19-23-12-14-24(15-13-23)42-35-41-20-26(36)32(44-35)43-27-11-8-7-10-25(27)34(49)37-3/h1,7-8,10-15,20,38,40H,2,6,9,16-19,21H2,3-4H3,(H,37,49)(H,39,48)(H2,41,42,43,44). The number of carbonyl (C=O) groups is 2. The number of aromatic nitrogens is 2. The molecule has 2 amide bonds. The van der Waals surface area contributed by atoms with Gasteiger partial charge in [-0.2, -0.15) is 4.98 Å². The zero-order chi connectivity index (χ0) is 35.3. The van der Waals surface area contributed by atoms with Crippen molar-refractivity contribution >= 4 is 57.9 Å². The van der Waals surface area contributed by atoms with Gasteiger partial charge in [0, 0.05) is 57.5 Å². The van der Waals surface area contributed by atoms with E-state index in [0.29, 0.717) is 73.9 Å². The maximum Gasteiger partial charge on any atom is 0.253 e. The summed E-state index contributed by atoms with van der Waals surface area (Å²) in [5.74, 6) is 2.65. The molecule has 0 aliphatic heterocycles. The Bertz CT molecular complexity index is 1910. The molecule has 4 rings (SSSR count). The first-order valence-electron chi connectivity index (χ1n) is 15.5. The Kier molecular flexibility index (Phi) is 12.9. The number of nitrogens with zero attached hydrogens (tertiary/aromatic N) is 3. The van der Waals surface area contributed by atoms with Crippen molar-refractivity contribution in [1.82, 2.24) is 25.5 Å². The van der Waals surface area contributed by atoms with Crippen LogP contribution in [0.5, 0.6) is 0 Å². The maximum atomic E-state index is 12.3. The quantitative estimate of drug-likeness (QED) is 0.0392. The first-order chi connectivity index (χ1) is 23.6. The summed E-state index contributed by atoms with van der Waals surface area (Å²) in [5, 5.41) is 18.0. The van der Waals surface area contributed by atoms with Crippen molar-refractivity contribution in [3.8, 4) is 12.3 Å². The van der Waals surface area contributed by atoms with E-state index in [4.69, 9.17) is 18.0 Å². The third-order valence-electron chi connectivity index (χ3n) is 7.35. The Morgan fingerprint density at radius 1 is 1.00 bits per heavy atom. The van der Waals surface area contributed by atoms with E-state index in [1.807, 2.05) is 36.2 Å². The molecule has 0 radical (unpaired) electrons. The number of carbonyl (C=O) groups excluding carboxylic acids is 2. The van der Waals surface area contributed by atoms with Crippen molar-refractivity contribution < 1.29 is 9.59 Å². The van der Waals surface area contributed by atoms with Crippen molar-refractivity contribution in [2.75, 3.05) is 61.5 Å². The van der Waals surface area contributed by atoms with Gasteiger partial charge in [0.15, 0.2) is 5.82 Å². The topological polar surface area (TPSA) is 169 Å². The molecule has 0 fully saturated rings. The Hall–Kier alpha value is -5.71. The lowest BCUT2D eigenvalue weighted by Crippen LogP contribution is -2.39. The van der Waals surface area contributed by atoms with Gasteiger partial charge < -0.3 is 36.8 Å². The molecule has 1 aromatic heterocycles. The lowest BCUT2D eigenvalue weighted by molar-refractivity contribution is -0.117. The van der Waals surface area contributed by atoms with Crippen LogP contribution in [0, 0.1) is 12.3 Å². The second kappa shape index (κ2) is 17.4. The number of benzene rings is 2. The number of amides is 2. The van der Waals surface area contributed by atoms with Crippen molar-refractivity contribution in [1.29, 1.82) is 0 Å². The third kappa shape index (κ3) is 9.90. The number of likely N-dealkylation sites (N-methyl/N-ethyl adjacent to an activating group) is 1. The number of hydrogen-bond donors (Lipinski definition) is 6. The van der Waals surface area contributed by atoms with Crippen LogP contribution in [-0.2, 0) is 11.3 Å². The molecule has 0 bridgehead atoms. The predicted molar refractivity (Wildman–Crippen MR) is 195 cm³/mol. The number of rotatable bonds is 18. The third-order valence-corrected chi connectivity index (χ3v) is 7.62. The minimum Gasteiger partial charge on any atom is -0.379 e. The summed E-state index contributed by atoms with van der Waals surface area (Å²) in [6, 6.07) is 14.4. The lowest BCUT2D eigenvalue weighted by atomic mass is 10.1. The number of terminal acetylenes is 1. The van der Waals surface area contributed by atoms with Crippen LogP contribution in [0.25, 0.3) is 0 Å². The van der Waals surface area contributed by atoms with Crippen LogP contribution in [0.2, 0.25) is 5.02 Å². The van der Waals surface area contributed by atoms with Crippen molar-refractivity contribution in [3.05, 3.63) is 103 Å². The number of nitrogens with one attached hydrogen (secondary N) is 6. The molecule has 0 aliphatic carbocycles. The summed E-state index contributed by atoms with van der Waals surface area (Å²) < 4.78 is 0. The first kappa shape index (κ1) is 36.1. The van der Waals surface area contributed by atoms with Crippen LogP contribution < -0.4 is 42.8 Å². The highest BCUT2D eigenvalue weighted by Gasteiger charge is 2.20. The monoisotopic (exact) mass is 683 g/mol. The van der Waals surface area contributed by atoms with Gasteiger partial charge in [-0.25, -0.2) is 4.98 Å². The number of para-hydroxylation sites is 1. The second-order valence-electron chi connectivity index (χ2n) is 11.1. The average molecular weight is 684 g/mol. The summed E-state index contributed by atoms with van der Waals surface area (Å²) in [6.45, 7) is 5.89. The molecule has 6 N–H and O–H groups in total. The SMILES string of the molecule is C#CCCCNC(=O)C(=C)CN(C)CCNc1c(NCc2ccc(Nc3ncc(Cl)c(Nc4ccccc4C(=O)NC)n3)cc2)c(=O)c1=O. The Morgan fingerprint density at radius 3 is 2.43 bits per heavy atom. The van der Waals surface area contributed by atoms with Crippen molar-refractivity contribution in [2.45, 2.75) is 19.4 Å². The molecular formula is C35H38ClN9O4. The van der Waals surface area contributed by atoms with Gasteiger partial charge in [-0.3, -0.25) is 19.2 Å². The van der Waals surface area contributed by atoms with Gasteiger partial charge >= 0.3 is 0 Å². The highest BCUT2D eigenvalue weighted by molar-refractivity contribution is 6.33. The highest BCUT2D eigenvalue weighted by Crippen LogP contribution is 2.27. The number of halogens is 1. The zero-order valence-corrected chi connectivity index (χ0v) is 28.0. The molecule has 3 aromatic carbocycles. The summed E-state index contributed by atoms with van der Waals surface area (Å²) in [7, 11) is 3.39. The van der Waals surface area contributed by atoms with E-state index in [1.165, 1.54) is 6.20 Å². The van der Waals surface area contributed by atoms with Crippen LogP contribution in [0.1, 0.15) is 28.8 Å². The zero-order valence-electron chi connectivity index (χ0n) is 27.3. The number of anilines is 6. The van der Waals surface area contributed by atoms with Gasteiger partial charge in [-0.15, -0.1) is 12.3 Å². The lowest BCUT2D eigenvalue weighted by Gasteiger charge is -2.20. The molecule has 0 saturated heterocycles. The van der Waals surface area contributed by atoms with Gasteiger partial charge in [0.1, 0.15) is 16.4 Å². The fraction of sp³-hybridized carbons (Fsp3) is 0.257. The fourth-order valence-corrected chi connectivity index (χ4v) is 4.83.